The number of rotatable bonds is 3. The van der Waals surface area contributed by atoms with Gasteiger partial charge in [-0.2, -0.15) is 13.2 Å². The minimum atomic E-state index is -4.56. The highest BCUT2D eigenvalue weighted by molar-refractivity contribution is 5.85. The van der Waals surface area contributed by atoms with E-state index in [1.54, 1.807) is 18.2 Å². The monoisotopic (exact) mass is 569 g/mol. The lowest BCUT2D eigenvalue weighted by Gasteiger charge is -2.46. The number of aromatic nitrogens is 6. The van der Waals surface area contributed by atoms with Gasteiger partial charge in [-0.3, -0.25) is 4.98 Å². The summed E-state index contributed by atoms with van der Waals surface area (Å²) in [4.78, 5) is 3.38. The number of fused-ring (bicyclic) bond motifs is 1. The van der Waals surface area contributed by atoms with Gasteiger partial charge in [0.05, 0.1) is 11.7 Å². The van der Waals surface area contributed by atoms with E-state index >= 15 is 0 Å². The number of phenolic OH excluding ortho intramolecular Hbond substituents is 1. The van der Waals surface area contributed by atoms with Crippen LogP contribution in [0.2, 0.25) is 0 Å². The molecule has 0 bridgehead atoms. The molecule has 0 radical (unpaired) electrons. The predicted molar refractivity (Wildman–Crippen MR) is 143 cm³/mol. The van der Waals surface area contributed by atoms with Gasteiger partial charge in [-0.1, -0.05) is 11.3 Å². The summed E-state index contributed by atoms with van der Waals surface area (Å²) in [5.74, 6) is -0.138. The first-order chi connectivity index (χ1) is 16.8. The molecule has 38 heavy (non-hydrogen) atoms. The first-order valence-electron chi connectivity index (χ1n) is 11.6. The number of pyridine rings is 1. The van der Waals surface area contributed by atoms with Crippen LogP contribution in [0.4, 0.5) is 13.2 Å². The lowest BCUT2D eigenvalue weighted by Crippen LogP contribution is -2.58. The van der Waals surface area contributed by atoms with Crippen molar-refractivity contribution in [1.82, 2.24) is 35.5 Å². The average molecular weight is 570 g/mol. The molecule has 4 aromatic rings. The fourth-order valence-electron chi connectivity index (χ4n) is 5.26. The SMILES string of the molecule is CC1(C)CC(n2nnc3cc(-c4ccc(-c5ccnc(C(F)(F)F)c5)cc4O)nnc32)CC(C)(C)N1.Cl.Cl. The maximum absolute atomic E-state index is 13.0. The number of nitrogens with one attached hydrogen (secondary N) is 1. The smallest absolute Gasteiger partial charge is 0.433 e. The quantitative estimate of drug-likeness (QED) is 0.312. The maximum Gasteiger partial charge on any atom is 0.433 e. The molecule has 0 spiro atoms. The number of aromatic hydroxyl groups is 1. The van der Waals surface area contributed by atoms with Gasteiger partial charge in [-0.15, -0.1) is 40.1 Å². The maximum atomic E-state index is 13.0. The second-order valence-electron chi connectivity index (χ2n) is 10.6. The van der Waals surface area contributed by atoms with Crippen molar-refractivity contribution >= 4 is 36.0 Å². The van der Waals surface area contributed by atoms with Crippen LogP contribution in [0.5, 0.6) is 5.75 Å². The zero-order chi connectivity index (χ0) is 25.9. The van der Waals surface area contributed by atoms with Gasteiger partial charge in [-0.25, -0.2) is 4.68 Å². The summed E-state index contributed by atoms with van der Waals surface area (Å²) in [6.45, 7) is 8.64. The second-order valence-corrected chi connectivity index (χ2v) is 10.6. The molecular weight excluding hydrogens is 542 g/mol. The van der Waals surface area contributed by atoms with E-state index in [1.807, 2.05) is 4.68 Å². The molecule has 204 valence electrons. The van der Waals surface area contributed by atoms with Gasteiger partial charge < -0.3 is 10.4 Å². The van der Waals surface area contributed by atoms with E-state index in [-0.39, 0.29) is 53.2 Å². The van der Waals surface area contributed by atoms with E-state index in [9.17, 15) is 18.3 Å². The largest absolute Gasteiger partial charge is 0.507 e. The van der Waals surface area contributed by atoms with Crippen LogP contribution in [0.25, 0.3) is 33.5 Å². The summed E-state index contributed by atoms with van der Waals surface area (Å²) in [5, 5.41) is 31.7. The van der Waals surface area contributed by atoms with Crippen molar-refractivity contribution in [2.45, 2.75) is 63.8 Å². The van der Waals surface area contributed by atoms with Crippen LogP contribution in [0.3, 0.4) is 0 Å². The molecule has 1 fully saturated rings. The first-order valence-corrected chi connectivity index (χ1v) is 11.6. The standard InChI is InChI=1S/C25H26F3N7O.2ClH/c1-23(2)12-16(13-24(3,4)33-23)35-22-19(31-34-35)11-18(30-32-22)17-6-5-14(9-20(17)36)15-7-8-29-21(10-15)25(26,27)28;;/h5-11,16,33,36H,12-13H2,1-4H3;2*1H. The summed E-state index contributed by atoms with van der Waals surface area (Å²) < 4.78 is 40.9. The van der Waals surface area contributed by atoms with E-state index in [2.05, 4.69) is 58.5 Å². The molecule has 8 nitrogen and oxygen atoms in total. The Balaban J connectivity index is 0.00000200. The van der Waals surface area contributed by atoms with Crippen LogP contribution in [0, 0.1) is 0 Å². The van der Waals surface area contributed by atoms with Crippen molar-refractivity contribution in [3.05, 3.63) is 48.3 Å². The number of hydrogen-bond acceptors (Lipinski definition) is 7. The van der Waals surface area contributed by atoms with Crippen LogP contribution in [-0.2, 0) is 6.18 Å². The highest BCUT2D eigenvalue weighted by Gasteiger charge is 2.39. The van der Waals surface area contributed by atoms with E-state index < -0.39 is 11.9 Å². The number of alkyl halides is 3. The molecule has 13 heteroatoms. The van der Waals surface area contributed by atoms with Crippen molar-refractivity contribution in [2.75, 3.05) is 0 Å². The minimum absolute atomic E-state index is 0. The van der Waals surface area contributed by atoms with E-state index in [1.165, 1.54) is 12.1 Å². The molecule has 4 heterocycles. The number of nitrogens with zero attached hydrogens (tertiary/aromatic N) is 6. The molecule has 1 aliphatic rings. The third-order valence-corrected chi connectivity index (χ3v) is 6.39. The Bertz CT molecular complexity index is 1440. The zero-order valence-electron chi connectivity index (χ0n) is 21.1. The minimum Gasteiger partial charge on any atom is -0.507 e. The Morgan fingerprint density at radius 1 is 0.921 bits per heavy atom. The highest BCUT2D eigenvalue weighted by Crippen LogP contribution is 2.38. The molecule has 1 aromatic carbocycles. The third kappa shape index (κ3) is 5.84. The molecule has 0 aliphatic carbocycles. The third-order valence-electron chi connectivity index (χ3n) is 6.39. The average Bonchev–Trinajstić information content (AvgIpc) is 3.20. The van der Waals surface area contributed by atoms with Crippen LogP contribution in [0.1, 0.15) is 52.3 Å². The van der Waals surface area contributed by atoms with Crippen LogP contribution in [-0.4, -0.2) is 46.4 Å². The predicted octanol–water partition coefficient (Wildman–Crippen LogP) is 6.00. The number of halogens is 5. The number of benzene rings is 1. The first kappa shape index (κ1) is 29.5. The fourth-order valence-corrected chi connectivity index (χ4v) is 5.26. The Morgan fingerprint density at radius 2 is 1.58 bits per heavy atom. The fraction of sp³-hybridized carbons (Fsp3) is 0.400. The summed E-state index contributed by atoms with van der Waals surface area (Å²) in [6.07, 6.45) is -1.76. The van der Waals surface area contributed by atoms with E-state index in [4.69, 9.17) is 0 Å². The van der Waals surface area contributed by atoms with E-state index in [0.717, 1.165) is 25.1 Å². The second kappa shape index (κ2) is 10.3. The summed E-state index contributed by atoms with van der Waals surface area (Å²) in [5.41, 5.74) is 1.42. The number of hydrogen-bond donors (Lipinski definition) is 2. The molecule has 0 unspecified atom stereocenters. The molecular formula is C25H28Cl2F3N7O. The Hall–Kier alpha value is -3.02. The number of phenols is 1. The molecule has 1 aliphatic heterocycles. The van der Waals surface area contributed by atoms with Crippen molar-refractivity contribution in [2.24, 2.45) is 0 Å². The highest BCUT2D eigenvalue weighted by atomic mass is 35.5. The molecule has 0 atom stereocenters. The number of piperidine rings is 1. The van der Waals surface area contributed by atoms with Crippen LogP contribution in [0.15, 0.2) is 42.6 Å². The summed E-state index contributed by atoms with van der Waals surface area (Å²) in [7, 11) is 0. The van der Waals surface area contributed by atoms with Gasteiger partial charge in [0.25, 0.3) is 0 Å². The Kier molecular flexibility index (Phi) is 7.98. The molecule has 2 N–H and O–H groups in total. The zero-order valence-corrected chi connectivity index (χ0v) is 22.7. The topological polar surface area (TPSA) is 102 Å². The van der Waals surface area contributed by atoms with Crippen molar-refractivity contribution in [1.29, 1.82) is 0 Å². The van der Waals surface area contributed by atoms with Gasteiger partial charge >= 0.3 is 6.18 Å². The lowest BCUT2D eigenvalue weighted by atomic mass is 9.80. The van der Waals surface area contributed by atoms with Gasteiger partial charge in [-0.05, 0) is 82.0 Å². The molecule has 0 saturated carbocycles. The molecule has 5 rings (SSSR count). The summed E-state index contributed by atoms with van der Waals surface area (Å²) in [6, 6.07) is 8.80. The van der Waals surface area contributed by atoms with Crippen LogP contribution >= 0.6 is 24.8 Å². The Labute approximate surface area is 229 Å². The Morgan fingerprint density at radius 3 is 2.21 bits per heavy atom. The van der Waals surface area contributed by atoms with Crippen molar-refractivity contribution in [3.8, 4) is 28.1 Å². The van der Waals surface area contributed by atoms with E-state index in [0.29, 0.717) is 28.0 Å². The van der Waals surface area contributed by atoms with Gasteiger partial charge in [0.2, 0.25) is 5.65 Å². The molecule has 1 saturated heterocycles. The molecule has 3 aromatic heterocycles. The van der Waals surface area contributed by atoms with Gasteiger partial charge in [0, 0.05) is 22.8 Å². The van der Waals surface area contributed by atoms with Gasteiger partial charge in [0.15, 0.2) is 0 Å². The van der Waals surface area contributed by atoms with Crippen molar-refractivity contribution < 1.29 is 18.3 Å². The summed E-state index contributed by atoms with van der Waals surface area (Å²) >= 11 is 0. The van der Waals surface area contributed by atoms with Crippen molar-refractivity contribution in [3.63, 3.8) is 0 Å². The van der Waals surface area contributed by atoms with Gasteiger partial charge in [0.1, 0.15) is 17.0 Å². The lowest BCUT2D eigenvalue weighted by molar-refractivity contribution is -0.141. The van der Waals surface area contributed by atoms with Crippen LogP contribution < -0.4 is 5.32 Å². The normalized spacial score (nSPS) is 17.0. The molecule has 0 amide bonds.